The maximum Gasteiger partial charge on any atom is 0.161 e. The second-order valence-corrected chi connectivity index (χ2v) is 6.64. The Morgan fingerprint density at radius 2 is 1.61 bits per heavy atom. The molecule has 0 radical (unpaired) electrons. The summed E-state index contributed by atoms with van der Waals surface area (Å²) < 4.78 is 13.1. The van der Waals surface area contributed by atoms with Gasteiger partial charge in [0.05, 0.1) is 13.7 Å². The van der Waals surface area contributed by atoms with E-state index in [1.54, 1.807) is 18.2 Å². The number of carbonyl (C=O) groups excluding carboxylic acids is 1. The van der Waals surface area contributed by atoms with E-state index in [4.69, 9.17) is 9.47 Å². The number of aromatic nitrogens is 1. The van der Waals surface area contributed by atoms with Gasteiger partial charge < -0.3 is 19.1 Å². The predicted molar refractivity (Wildman–Crippen MR) is 109 cm³/mol. The second-order valence-electron chi connectivity index (χ2n) is 6.64. The van der Waals surface area contributed by atoms with Crippen LogP contribution in [0.5, 0.6) is 11.5 Å². The molecule has 1 unspecified atom stereocenters. The molecule has 0 aliphatic heterocycles. The standard InChI is InChI=1S/C23H21NO4/c1-27-23-12-16(14-25)10-11-22(23)28-15-17(26)13-24-20-8-4-2-6-18(20)19-7-3-5-9-21(19)24/h2-12,14,17,26H,13,15H2,1H3. The molecule has 5 nitrogen and oxygen atoms in total. The minimum absolute atomic E-state index is 0.109. The van der Waals surface area contributed by atoms with Crippen molar-refractivity contribution in [3.63, 3.8) is 0 Å². The highest BCUT2D eigenvalue weighted by Crippen LogP contribution is 2.30. The first-order chi connectivity index (χ1) is 13.7. The van der Waals surface area contributed by atoms with Crippen molar-refractivity contribution in [1.29, 1.82) is 0 Å². The Morgan fingerprint density at radius 3 is 2.21 bits per heavy atom. The number of para-hydroxylation sites is 2. The largest absolute Gasteiger partial charge is 0.493 e. The summed E-state index contributed by atoms with van der Waals surface area (Å²) in [7, 11) is 1.52. The fourth-order valence-electron chi connectivity index (χ4n) is 3.53. The number of methoxy groups -OCH3 is 1. The number of aliphatic hydroxyl groups excluding tert-OH is 1. The lowest BCUT2D eigenvalue weighted by molar-refractivity contribution is 0.0929. The molecule has 4 aromatic rings. The van der Waals surface area contributed by atoms with Crippen LogP contribution >= 0.6 is 0 Å². The molecule has 1 atom stereocenters. The van der Waals surface area contributed by atoms with E-state index < -0.39 is 6.10 Å². The predicted octanol–water partition coefficient (Wildman–Crippen LogP) is 4.06. The van der Waals surface area contributed by atoms with E-state index in [-0.39, 0.29) is 6.61 Å². The minimum Gasteiger partial charge on any atom is -0.493 e. The Hall–Kier alpha value is -3.31. The van der Waals surface area contributed by atoms with Gasteiger partial charge in [-0.05, 0) is 30.3 Å². The van der Waals surface area contributed by atoms with E-state index in [9.17, 15) is 9.90 Å². The SMILES string of the molecule is COc1cc(C=O)ccc1OCC(O)Cn1c2ccccc2c2ccccc21. The molecular weight excluding hydrogens is 354 g/mol. The Kier molecular flexibility index (Phi) is 5.00. The molecule has 0 aliphatic rings. The molecular formula is C23H21NO4. The van der Waals surface area contributed by atoms with Crippen molar-refractivity contribution < 1.29 is 19.4 Å². The highest BCUT2D eigenvalue weighted by Gasteiger charge is 2.15. The third-order valence-electron chi connectivity index (χ3n) is 4.83. The first-order valence-corrected chi connectivity index (χ1v) is 9.11. The lowest BCUT2D eigenvalue weighted by Crippen LogP contribution is -2.23. The van der Waals surface area contributed by atoms with Crippen LogP contribution in [0, 0.1) is 0 Å². The summed E-state index contributed by atoms with van der Waals surface area (Å²) in [6, 6.07) is 21.3. The molecule has 1 N–H and O–H groups in total. The highest BCUT2D eigenvalue weighted by atomic mass is 16.5. The van der Waals surface area contributed by atoms with Crippen LogP contribution in [0.2, 0.25) is 0 Å². The first-order valence-electron chi connectivity index (χ1n) is 9.11. The zero-order valence-corrected chi connectivity index (χ0v) is 15.5. The molecule has 0 spiro atoms. The van der Waals surface area contributed by atoms with Gasteiger partial charge in [-0.15, -0.1) is 0 Å². The Bertz CT molecular complexity index is 1080. The lowest BCUT2D eigenvalue weighted by Gasteiger charge is -2.16. The number of hydrogen-bond donors (Lipinski definition) is 1. The van der Waals surface area contributed by atoms with E-state index in [1.165, 1.54) is 7.11 Å². The molecule has 0 amide bonds. The van der Waals surface area contributed by atoms with Crippen LogP contribution in [0.3, 0.4) is 0 Å². The topological polar surface area (TPSA) is 60.7 Å². The van der Waals surface area contributed by atoms with Crippen LogP contribution < -0.4 is 9.47 Å². The number of aldehydes is 1. The Balaban J connectivity index is 1.56. The second kappa shape index (κ2) is 7.74. The number of fused-ring (bicyclic) bond motifs is 3. The molecule has 1 heterocycles. The highest BCUT2D eigenvalue weighted by molar-refractivity contribution is 6.07. The molecule has 3 aromatic carbocycles. The van der Waals surface area contributed by atoms with Gasteiger partial charge in [0.1, 0.15) is 19.0 Å². The number of benzene rings is 3. The van der Waals surface area contributed by atoms with Crippen molar-refractivity contribution in [2.45, 2.75) is 12.6 Å². The Morgan fingerprint density at radius 1 is 0.964 bits per heavy atom. The van der Waals surface area contributed by atoms with Gasteiger partial charge in [-0.25, -0.2) is 0 Å². The molecule has 1 aromatic heterocycles. The first kappa shape index (κ1) is 18.1. The minimum atomic E-state index is -0.713. The summed E-state index contributed by atoms with van der Waals surface area (Å²) >= 11 is 0. The zero-order valence-electron chi connectivity index (χ0n) is 15.5. The van der Waals surface area contributed by atoms with Crippen LogP contribution in [-0.4, -0.2) is 35.8 Å². The fraction of sp³-hybridized carbons (Fsp3) is 0.174. The molecule has 0 bridgehead atoms. The third kappa shape index (κ3) is 3.32. The monoisotopic (exact) mass is 375 g/mol. The van der Waals surface area contributed by atoms with Crippen LogP contribution in [-0.2, 0) is 6.54 Å². The van der Waals surface area contributed by atoms with Gasteiger partial charge in [-0.2, -0.15) is 0 Å². The van der Waals surface area contributed by atoms with Gasteiger partial charge in [0.2, 0.25) is 0 Å². The van der Waals surface area contributed by atoms with Crippen molar-refractivity contribution in [1.82, 2.24) is 4.57 Å². The van der Waals surface area contributed by atoms with E-state index in [0.29, 0.717) is 23.6 Å². The van der Waals surface area contributed by atoms with Crippen molar-refractivity contribution in [3.8, 4) is 11.5 Å². The molecule has 0 saturated carbocycles. The van der Waals surface area contributed by atoms with E-state index in [2.05, 4.69) is 28.8 Å². The maximum atomic E-state index is 10.9. The van der Waals surface area contributed by atoms with Gasteiger partial charge >= 0.3 is 0 Å². The van der Waals surface area contributed by atoms with Crippen LogP contribution in [0.15, 0.2) is 66.7 Å². The van der Waals surface area contributed by atoms with Gasteiger partial charge in [0.15, 0.2) is 11.5 Å². The van der Waals surface area contributed by atoms with E-state index in [1.807, 2.05) is 24.3 Å². The van der Waals surface area contributed by atoms with Crippen LogP contribution in [0.4, 0.5) is 0 Å². The summed E-state index contributed by atoms with van der Waals surface area (Å²) in [6.07, 6.45) is 0.0401. The average molecular weight is 375 g/mol. The normalized spacial score (nSPS) is 12.2. The molecule has 0 saturated heterocycles. The smallest absolute Gasteiger partial charge is 0.161 e. The van der Waals surface area contributed by atoms with E-state index >= 15 is 0 Å². The Labute approximate surface area is 162 Å². The molecule has 142 valence electrons. The zero-order chi connectivity index (χ0) is 19.5. The number of aliphatic hydroxyl groups is 1. The maximum absolute atomic E-state index is 10.9. The third-order valence-corrected chi connectivity index (χ3v) is 4.83. The summed E-state index contributed by atoms with van der Waals surface area (Å²) in [6.45, 7) is 0.514. The molecule has 0 fully saturated rings. The number of hydrogen-bond acceptors (Lipinski definition) is 4. The van der Waals surface area contributed by atoms with Crippen LogP contribution in [0.1, 0.15) is 10.4 Å². The van der Waals surface area contributed by atoms with Crippen molar-refractivity contribution >= 4 is 28.1 Å². The average Bonchev–Trinajstić information content (AvgIpc) is 3.06. The van der Waals surface area contributed by atoms with Crippen molar-refractivity contribution in [2.24, 2.45) is 0 Å². The van der Waals surface area contributed by atoms with Crippen molar-refractivity contribution in [2.75, 3.05) is 13.7 Å². The molecule has 4 rings (SSSR count). The number of rotatable bonds is 7. The number of nitrogens with zero attached hydrogens (tertiary/aromatic N) is 1. The summed E-state index contributed by atoms with van der Waals surface area (Å²) in [5.41, 5.74) is 2.67. The van der Waals surface area contributed by atoms with E-state index in [0.717, 1.165) is 28.1 Å². The number of ether oxygens (including phenoxy) is 2. The summed E-state index contributed by atoms with van der Waals surface area (Å²) in [5.74, 6) is 0.961. The van der Waals surface area contributed by atoms with Gasteiger partial charge in [0, 0.05) is 27.4 Å². The number of carbonyl (C=O) groups is 1. The van der Waals surface area contributed by atoms with Gasteiger partial charge in [-0.1, -0.05) is 36.4 Å². The quantitative estimate of drug-likeness (QED) is 0.495. The molecule has 28 heavy (non-hydrogen) atoms. The van der Waals surface area contributed by atoms with Gasteiger partial charge in [0.25, 0.3) is 0 Å². The molecule has 5 heteroatoms. The van der Waals surface area contributed by atoms with Crippen molar-refractivity contribution in [3.05, 3.63) is 72.3 Å². The molecule has 0 aliphatic carbocycles. The fourth-order valence-corrected chi connectivity index (χ4v) is 3.53. The van der Waals surface area contributed by atoms with Gasteiger partial charge in [-0.3, -0.25) is 4.79 Å². The summed E-state index contributed by atoms with van der Waals surface area (Å²) in [5, 5.41) is 13.0. The lowest BCUT2D eigenvalue weighted by atomic mass is 10.2. The van der Waals surface area contributed by atoms with Crippen LogP contribution in [0.25, 0.3) is 21.8 Å². The summed E-state index contributed by atoms with van der Waals surface area (Å²) in [4.78, 5) is 10.9.